The Balaban J connectivity index is 1.56. The Bertz CT molecular complexity index is 1160. The van der Waals surface area contributed by atoms with Gasteiger partial charge in [-0.1, -0.05) is 24.3 Å². The normalized spacial score (nSPS) is 15.5. The molecule has 0 aliphatic heterocycles. The zero-order chi connectivity index (χ0) is 18.5. The van der Waals surface area contributed by atoms with E-state index in [2.05, 4.69) is 38.8 Å². The third kappa shape index (κ3) is 2.61. The van der Waals surface area contributed by atoms with Gasteiger partial charge in [0.1, 0.15) is 23.0 Å². The van der Waals surface area contributed by atoms with E-state index >= 15 is 0 Å². The number of nitrogen functional groups attached to an aromatic ring is 2. The molecule has 0 saturated heterocycles. The van der Waals surface area contributed by atoms with Gasteiger partial charge in [-0.3, -0.25) is 0 Å². The van der Waals surface area contributed by atoms with E-state index in [1.807, 2.05) is 19.1 Å². The summed E-state index contributed by atoms with van der Waals surface area (Å²) < 4.78 is 2.22. The maximum atomic E-state index is 5.84. The van der Waals surface area contributed by atoms with Gasteiger partial charge in [-0.05, 0) is 48.7 Å². The fraction of sp³-hybridized carbons (Fsp3) is 0.190. The minimum atomic E-state index is 0.391. The molecule has 4 aromatic rings. The van der Waals surface area contributed by atoms with Gasteiger partial charge in [-0.15, -0.1) is 0 Å². The van der Waals surface area contributed by atoms with Crippen molar-refractivity contribution >= 4 is 22.8 Å². The Hall–Kier alpha value is -3.41. The molecule has 1 atom stereocenters. The molecule has 0 saturated carbocycles. The van der Waals surface area contributed by atoms with Crippen LogP contribution in [0.3, 0.4) is 0 Å². The molecule has 1 aromatic carbocycles. The molecule has 1 aliphatic carbocycles. The lowest BCUT2D eigenvalue weighted by molar-refractivity contribution is 0.508. The third-order valence-electron chi connectivity index (χ3n) is 5.31. The van der Waals surface area contributed by atoms with Crippen molar-refractivity contribution in [2.75, 3.05) is 11.5 Å². The van der Waals surface area contributed by atoms with Crippen molar-refractivity contribution in [1.82, 2.24) is 19.5 Å². The van der Waals surface area contributed by atoms with Crippen LogP contribution in [0.5, 0.6) is 0 Å². The molecule has 4 N–H and O–H groups in total. The second-order valence-electron chi connectivity index (χ2n) is 7.11. The SMILES string of the molecule is Cc1nc2ccc(-c3cc(N)nc(N)c3)nc2n1CC1Cc2ccccc21. The predicted octanol–water partition coefficient (Wildman–Crippen LogP) is 3.31. The maximum Gasteiger partial charge on any atom is 0.160 e. The molecule has 6 heteroatoms. The maximum absolute atomic E-state index is 5.84. The van der Waals surface area contributed by atoms with Crippen LogP contribution in [0.2, 0.25) is 0 Å². The number of benzene rings is 1. The number of aromatic nitrogens is 4. The van der Waals surface area contributed by atoms with Gasteiger partial charge in [0, 0.05) is 18.0 Å². The Morgan fingerprint density at radius 1 is 1.00 bits per heavy atom. The average molecular weight is 356 g/mol. The molecule has 1 aliphatic rings. The van der Waals surface area contributed by atoms with Crippen LogP contribution in [0.4, 0.5) is 11.6 Å². The summed E-state index contributed by atoms with van der Waals surface area (Å²) in [5.74, 6) is 2.27. The fourth-order valence-corrected chi connectivity index (χ4v) is 3.96. The zero-order valence-corrected chi connectivity index (χ0v) is 15.1. The molecule has 1 unspecified atom stereocenters. The van der Waals surface area contributed by atoms with Crippen LogP contribution in [0, 0.1) is 6.92 Å². The van der Waals surface area contributed by atoms with Crippen molar-refractivity contribution in [1.29, 1.82) is 0 Å². The lowest BCUT2D eigenvalue weighted by atomic mass is 9.77. The van der Waals surface area contributed by atoms with Crippen LogP contribution in [-0.2, 0) is 13.0 Å². The van der Waals surface area contributed by atoms with Gasteiger partial charge in [0.2, 0.25) is 0 Å². The fourth-order valence-electron chi connectivity index (χ4n) is 3.96. The minimum Gasteiger partial charge on any atom is -0.384 e. The Morgan fingerprint density at radius 3 is 2.56 bits per heavy atom. The molecule has 0 fully saturated rings. The standard InChI is InChI=1S/C21H20N6/c1-12-24-18-7-6-17(14-9-19(22)26-20(23)10-14)25-21(18)27(12)11-15-8-13-4-2-3-5-16(13)15/h2-7,9-10,15H,8,11H2,1H3,(H4,22,23,26). The second-order valence-corrected chi connectivity index (χ2v) is 7.11. The minimum absolute atomic E-state index is 0.391. The van der Waals surface area contributed by atoms with Crippen molar-refractivity contribution in [2.24, 2.45) is 0 Å². The van der Waals surface area contributed by atoms with Crippen LogP contribution in [0.1, 0.15) is 22.9 Å². The molecule has 3 heterocycles. The molecule has 27 heavy (non-hydrogen) atoms. The largest absolute Gasteiger partial charge is 0.384 e. The molecule has 6 nitrogen and oxygen atoms in total. The zero-order valence-electron chi connectivity index (χ0n) is 15.1. The van der Waals surface area contributed by atoms with E-state index in [9.17, 15) is 0 Å². The van der Waals surface area contributed by atoms with Gasteiger partial charge in [0.25, 0.3) is 0 Å². The molecule has 0 radical (unpaired) electrons. The van der Waals surface area contributed by atoms with Crippen molar-refractivity contribution in [3.63, 3.8) is 0 Å². The summed E-state index contributed by atoms with van der Waals surface area (Å²) >= 11 is 0. The molecule has 5 rings (SSSR count). The highest BCUT2D eigenvalue weighted by molar-refractivity contribution is 5.77. The van der Waals surface area contributed by atoms with E-state index < -0.39 is 0 Å². The summed E-state index contributed by atoms with van der Waals surface area (Å²) in [5.41, 5.74) is 18.0. The van der Waals surface area contributed by atoms with Crippen LogP contribution >= 0.6 is 0 Å². The van der Waals surface area contributed by atoms with E-state index in [0.29, 0.717) is 17.6 Å². The summed E-state index contributed by atoms with van der Waals surface area (Å²) in [7, 11) is 0. The van der Waals surface area contributed by atoms with E-state index in [4.69, 9.17) is 16.5 Å². The number of pyridine rings is 2. The number of nitrogens with zero attached hydrogens (tertiary/aromatic N) is 4. The molecule has 0 amide bonds. The number of hydrogen-bond acceptors (Lipinski definition) is 5. The van der Waals surface area contributed by atoms with Crippen molar-refractivity contribution in [3.05, 3.63) is 65.5 Å². The highest BCUT2D eigenvalue weighted by Gasteiger charge is 2.27. The molecular weight excluding hydrogens is 336 g/mol. The lowest BCUT2D eigenvalue weighted by Crippen LogP contribution is -2.22. The molecular formula is C21H20N6. The Morgan fingerprint density at radius 2 is 1.78 bits per heavy atom. The Kier molecular flexibility index (Phi) is 3.40. The highest BCUT2D eigenvalue weighted by atomic mass is 15.1. The molecule has 0 bridgehead atoms. The first-order valence-electron chi connectivity index (χ1n) is 9.03. The summed E-state index contributed by atoms with van der Waals surface area (Å²) in [6, 6.07) is 16.2. The van der Waals surface area contributed by atoms with E-state index in [0.717, 1.165) is 41.2 Å². The number of anilines is 2. The summed E-state index contributed by atoms with van der Waals surface area (Å²) in [4.78, 5) is 13.6. The molecule has 3 aromatic heterocycles. The van der Waals surface area contributed by atoms with Crippen molar-refractivity contribution < 1.29 is 0 Å². The second kappa shape index (κ2) is 5.81. The third-order valence-corrected chi connectivity index (χ3v) is 5.31. The van der Waals surface area contributed by atoms with E-state index in [-0.39, 0.29) is 0 Å². The Labute approximate surface area is 156 Å². The number of aryl methyl sites for hydroxylation is 1. The highest BCUT2D eigenvalue weighted by Crippen LogP contribution is 2.37. The van der Waals surface area contributed by atoms with Crippen molar-refractivity contribution in [2.45, 2.75) is 25.8 Å². The van der Waals surface area contributed by atoms with Gasteiger partial charge in [-0.25, -0.2) is 15.0 Å². The quantitative estimate of drug-likeness (QED) is 0.587. The number of nitrogens with two attached hydrogens (primary N) is 2. The van der Waals surface area contributed by atoms with Gasteiger partial charge in [-0.2, -0.15) is 0 Å². The van der Waals surface area contributed by atoms with Gasteiger partial charge < -0.3 is 16.0 Å². The van der Waals surface area contributed by atoms with Gasteiger partial charge in [0.15, 0.2) is 5.65 Å². The van der Waals surface area contributed by atoms with Crippen LogP contribution < -0.4 is 11.5 Å². The number of rotatable bonds is 3. The average Bonchev–Trinajstić information content (AvgIpc) is 2.93. The first kappa shape index (κ1) is 15.8. The van der Waals surface area contributed by atoms with E-state index in [1.54, 1.807) is 12.1 Å². The van der Waals surface area contributed by atoms with Crippen LogP contribution in [0.15, 0.2) is 48.5 Å². The summed E-state index contributed by atoms with van der Waals surface area (Å²) in [5, 5.41) is 0. The van der Waals surface area contributed by atoms with Crippen LogP contribution in [-0.4, -0.2) is 19.5 Å². The topological polar surface area (TPSA) is 95.6 Å². The number of imidazole rings is 1. The lowest BCUT2D eigenvalue weighted by Gasteiger charge is -2.30. The van der Waals surface area contributed by atoms with Crippen LogP contribution in [0.25, 0.3) is 22.4 Å². The summed E-state index contributed by atoms with van der Waals surface area (Å²) in [6.45, 7) is 2.92. The van der Waals surface area contributed by atoms with Gasteiger partial charge >= 0.3 is 0 Å². The first-order valence-corrected chi connectivity index (χ1v) is 9.03. The van der Waals surface area contributed by atoms with E-state index in [1.165, 1.54) is 11.1 Å². The summed E-state index contributed by atoms with van der Waals surface area (Å²) in [6.07, 6.45) is 1.10. The number of fused-ring (bicyclic) bond motifs is 2. The molecule has 134 valence electrons. The monoisotopic (exact) mass is 356 g/mol. The predicted molar refractivity (Wildman–Crippen MR) is 107 cm³/mol. The smallest absolute Gasteiger partial charge is 0.160 e. The van der Waals surface area contributed by atoms with Crippen molar-refractivity contribution in [3.8, 4) is 11.3 Å². The first-order chi connectivity index (χ1) is 13.1. The number of hydrogen-bond donors (Lipinski definition) is 2. The molecule has 0 spiro atoms. The van der Waals surface area contributed by atoms with Gasteiger partial charge in [0.05, 0.1) is 5.69 Å².